The Kier molecular flexibility index (Phi) is 6.06. The summed E-state index contributed by atoms with van der Waals surface area (Å²) in [5.74, 6) is 0.499. The summed E-state index contributed by atoms with van der Waals surface area (Å²) in [7, 11) is 0. The fraction of sp³-hybridized carbons (Fsp3) is 0.0870. The molecule has 0 atom stereocenters. The van der Waals surface area contributed by atoms with Crippen LogP contribution in [0.4, 0.5) is 0 Å². The molecule has 0 saturated carbocycles. The van der Waals surface area contributed by atoms with Crippen molar-refractivity contribution in [3.8, 4) is 5.75 Å². The largest absolute Gasteiger partial charge is 0.487 e. The summed E-state index contributed by atoms with van der Waals surface area (Å²) in [6.07, 6.45) is 1.38. The number of rotatable bonds is 5. The Labute approximate surface area is 190 Å². The Balaban J connectivity index is 1.71. The first-order chi connectivity index (χ1) is 14.9. The standard InChI is InChI=1S/C23H17BrClN3O3/c1-14-6-8-15(9-7-14)13-31-21-16(10-17(25)11-19(21)24)12-26-28-22(29)18-4-2-3-5-20(18)27-23(28)30/h2-12H,13H2,1H3,(H,27,30). The van der Waals surface area contributed by atoms with Gasteiger partial charge in [-0.3, -0.25) is 4.79 Å². The SMILES string of the molecule is Cc1ccc(COc2c(Br)cc(Cl)cc2C=Nn2c(=O)[nH]c3ccccc3c2=O)cc1. The highest BCUT2D eigenvalue weighted by atomic mass is 79.9. The van der Waals surface area contributed by atoms with Crippen molar-refractivity contribution in [3.05, 3.63) is 108 Å². The van der Waals surface area contributed by atoms with Gasteiger partial charge in [0.25, 0.3) is 5.56 Å². The first-order valence-corrected chi connectivity index (χ1v) is 10.6. The first kappa shape index (κ1) is 21.1. The van der Waals surface area contributed by atoms with Crippen LogP contribution in [0.1, 0.15) is 16.7 Å². The van der Waals surface area contributed by atoms with Crippen molar-refractivity contribution in [1.82, 2.24) is 9.66 Å². The monoisotopic (exact) mass is 497 g/mol. The van der Waals surface area contributed by atoms with Gasteiger partial charge in [-0.25, -0.2) is 4.79 Å². The number of hydrogen-bond donors (Lipinski definition) is 1. The van der Waals surface area contributed by atoms with E-state index in [9.17, 15) is 9.59 Å². The van der Waals surface area contributed by atoms with Crippen LogP contribution in [0.15, 0.2) is 79.8 Å². The van der Waals surface area contributed by atoms with Gasteiger partial charge < -0.3 is 9.72 Å². The predicted octanol–water partition coefficient (Wildman–Crippen LogP) is 4.88. The molecule has 0 spiro atoms. The van der Waals surface area contributed by atoms with Gasteiger partial charge in [-0.05, 0) is 52.7 Å². The van der Waals surface area contributed by atoms with Crippen molar-refractivity contribution < 1.29 is 4.74 Å². The molecule has 0 radical (unpaired) electrons. The van der Waals surface area contributed by atoms with Gasteiger partial charge in [-0.1, -0.05) is 53.6 Å². The predicted molar refractivity (Wildman–Crippen MR) is 126 cm³/mol. The lowest BCUT2D eigenvalue weighted by atomic mass is 10.1. The minimum absolute atomic E-state index is 0.331. The van der Waals surface area contributed by atoms with Gasteiger partial charge in [-0.15, -0.1) is 4.68 Å². The molecule has 1 aromatic heterocycles. The van der Waals surface area contributed by atoms with E-state index in [4.69, 9.17) is 16.3 Å². The molecule has 6 nitrogen and oxygen atoms in total. The molecule has 8 heteroatoms. The fourth-order valence-electron chi connectivity index (χ4n) is 3.05. The van der Waals surface area contributed by atoms with Crippen molar-refractivity contribution in [2.45, 2.75) is 13.5 Å². The van der Waals surface area contributed by atoms with E-state index in [1.807, 2.05) is 31.2 Å². The summed E-state index contributed by atoms with van der Waals surface area (Å²) >= 11 is 9.66. The van der Waals surface area contributed by atoms with Gasteiger partial charge in [0.2, 0.25) is 0 Å². The van der Waals surface area contributed by atoms with Gasteiger partial charge >= 0.3 is 5.69 Å². The molecule has 0 unspecified atom stereocenters. The van der Waals surface area contributed by atoms with E-state index in [0.29, 0.717) is 38.3 Å². The zero-order valence-electron chi connectivity index (χ0n) is 16.4. The molecule has 1 N–H and O–H groups in total. The number of aryl methyl sites for hydroxylation is 1. The summed E-state index contributed by atoms with van der Waals surface area (Å²) in [6.45, 7) is 2.35. The highest BCUT2D eigenvalue weighted by Gasteiger charge is 2.11. The zero-order valence-corrected chi connectivity index (χ0v) is 18.8. The zero-order chi connectivity index (χ0) is 22.0. The summed E-state index contributed by atoms with van der Waals surface area (Å²) in [6, 6.07) is 18.1. The second-order valence-corrected chi connectivity index (χ2v) is 8.21. The molecule has 0 saturated heterocycles. The molecule has 31 heavy (non-hydrogen) atoms. The Morgan fingerprint density at radius 3 is 2.65 bits per heavy atom. The number of aromatic amines is 1. The summed E-state index contributed by atoms with van der Waals surface area (Å²) in [5.41, 5.74) is 1.98. The summed E-state index contributed by atoms with van der Waals surface area (Å²) in [4.78, 5) is 27.7. The Bertz CT molecular complexity index is 1410. The number of para-hydroxylation sites is 1. The molecular formula is C23H17BrClN3O3. The smallest absolute Gasteiger partial charge is 0.349 e. The molecule has 0 amide bonds. The van der Waals surface area contributed by atoms with E-state index in [2.05, 4.69) is 26.0 Å². The van der Waals surface area contributed by atoms with Gasteiger partial charge in [0.1, 0.15) is 12.4 Å². The Morgan fingerprint density at radius 1 is 1.13 bits per heavy atom. The van der Waals surface area contributed by atoms with Crippen LogP contribution in [0, 0.1) is 6.92 Å². The van der Waals surface area contributed by atoms with E-state index in [1.165, 1.54) is 6.21 Å². The molecule has 0 aliphatic heterocycles. The number of nitrogens with one attached hydrogen (secondary N) is 1. The minimum Gasteiger partial charge on any atom is -0.487 e. The lowest BCUT2D eigenvalue weighted by Gasteiger charge is -2.12. The topological polar surface area (TPSA) is 76.5 Å². The maximum atomic E-state index is 12.7. The molecule has 0 bridgehead atoms. The molecule has 0 aliphatic rings. The van der Waals surface area contributed by atoms with Crippen LogP contribution in [0.5, 0.6) is 5.75 Å². The molecule has 156 valence electrons. The average Bonchev–Trinajstić information content (AvgIpc) is 2.74. The normalized spacial score (nSPS) is 11.3. The van der Waals surface area contributed by atoms with Crippen LogP contribution in [0.25, 0.3) is 10.9 Å². The maximum Gasteiger partial charge on any atom is 0.349 e. The van der Waals surface area contributed by atoms with Crippen LogP contribution >= 0.6 is 27.5 Å². The third kappa shape index (κ3) is 4.62. The quantitative estimate of drug-likeness (QED) is 0.399. The number of H-pyrrole nitrogens is 1. The third-order valence-corrected chi connectivity index (χ3v) is 5.44. The molecule has 3 aromatic carbocycles. The molecule has 0 aliphatic carbocycles. The van der Waals surface area contributed by atoms with Crippen LogP contribution < -0.4 is 16.0 Å². The van der Waals surface area contributed by atoms with E-state index < -0.39 is 11.2 Å². The van der Waals surface area contributed by atoms with Crippen molar-refractivity contribution in [3.63, 3.8) is 0 Å². The maximum absolute atomic E-state index is 12.7. The van der Waals surface area contributed by atoms with Gasteiger partial charge in [-0.2, -0.15) is 5.10 Å². The van der Waals surface area contributed by atoms with Crippen molar-refractivity contribution in [1.29, 1.82) is 0 Å². The fourth-order valence-corrected chi connectivity index (χ4v) is 3.99. The second kappa shape index (κ2) is 8.91. The summed E-state index contributed by atoms with van der Waals surface area (Å²) in [5, 5.41) is 4.93. The number of benzene rings is 3. The lowest BCUT2D eigenvalue weighted by molar-refractivity contribution is 0.304. The lowest BCUT2D eigenvalue weighted by Crippen LogP contribution is -2.32. The Morgan fingerprint density at radius 2 is 1.87 bits per heavy atom. The van der Waals surface area contributed by atoms with E-state index in [1.54, 1.807) is 36.4 Å². The van der Waals surface area contributed by atoms with E-state index in [-0.39, 0.29) is 0 Å². The van der Waals surface area contributed by atoms with Crippen LogP contribution in [-0.4, -0.2) is 15.9 Å². The number of aromatic nitrogens is 2. The molecule has 4 aromatic rings. The molecule has 4 rings (SSSR count). The van der Waals surface area contributed by atoms with Crippen LogP contribution in [-0.2, 0) is 6.61 Å². The van der Waals surface area contributed by atoms with Crippen molar-refractivity contribution in [2.24, 2.45) is 5.10 Å². The minimum atomic E-state index is -0.636. The first-order valence-electron chi connectivity index (χ1n) is 9.38. The van der Waals surface area contributed by atoms with Crippen molar-refractivity contribution in [2.75, 3.05) is 0 Å². The number of hydrogen-bond acceptors (Lipinski definition) is 4. The highest BCUT2D eigenvalue weighted by molar-refractivity contribution is 9.10. The van der Waals surface area contributed by atoms with Crippen LogP contribution in [0.2, 0.25) is 5.02 Å². The van der Waals surface area contributed by atoms with Crippen LogP contribution in [0.3, 0.4) is 0 Å². The molecule has 1 heterocycles. The highest BCUT2D eigenvalue weighted by Crippen LogP contribution is 2.32. The average molecular weight is 499 g/mol. The third-order valence-electron chi connectivity index (χ3n) is 4.64. The Hall–Kier alpha value is -3.16. The van der Waals surface area contributed by atoms with Gasteiger partial charge in [0, 0.05) is 10.6 Å². The molecular weight excluding hydrogens is 482 g/mol. The second-order valence-electron chi connectivity index (χ2n) is 6.92. The van der Waals surface area contributed by atoms with Gasteiger partial charge in [0.05, 0.1) is 21.6 Å². The van der Waals surface area contributed by atoms with E-state index in [0.717, 1.165) is 15.8 Å². The molecule has 0 fully saturated rings. The van der Waals surface area contributed by atoms with Gasteiger partial charge in [0.15, 0.2) is 0 Å². The number of nitrogens with zero attached hydrogens (tertiary/aromatic N) is 2. The number of halogens is 2. The van der Waals surface area contributed by atoms with Crippen molar-refractivity contribution >= 4 is 44.6 Å². The van der Waals surface area contributed by atoms with E-state index >= 15 is 0 Å². The number of fused-ring (bicyclic) bond motifs is 1. The number of ether oxygens (including phenoxy) is 1. The summed E-state index contributed by atoms with van der Waals surface area (Å²) < 4.78 is 7.41.